The van der Waals surface area contributed by atoms with E-state index in [0.717, 1.165) is 5.56 Å². The summed E-state index contributed by atoms with van der Waals surface area (Å²) in [5.74, 6) is 0.200. The fourth-order valence-electron chi connectivity index (χ4n) is 1.53. The molecule has 2 rings (SSSR count). The first-order chi connectivity index (χ1) is 9.90. The van der Waals surface area contributed by atoms with Crippen LogP contribution in [0.1, 0.15) is 5.56 Å². The molecule has 1 amide bonds. The zero-order chi connectivity index (χ0) is 15.6. The number of benzene rings is 1. The quantitative estimate of drug-likeness (QED) is 0.832. The number of carbonyl (C=O) groups is 1. The smallest absolute Gasteiger partial charge is 0.234 e. The number of amides is 1. The standard InChI is InChI=1S/C12H13Cl2N5OS/c1-6-3-4-7(13)10(9(6)14)16-8(20)5-21-12-18-17-11(15)19(12)2/h3-4H,5H2,1-2H3,(H2,15,17)(H,16,20). The van der Waals surface area contributed by atoms with Crippen LogP contribution in [-0.2, 0) is 11.8 Å². The molecule has 0 spiro atoms. The van der Waals surface area contributed by atoms with Gasteiger partial charge < -0.3 is 11.1 Å². The van der Waals surface area contributed by atoms with Gasteiger partial charge in [-0.1, -0.05) is 41.0 Å². The summed E-state index contributed by atoms with van der Waals surface area (Å²) >= 11 is 13.4. The number of anilines is 2. The predicted molar refractivity (Wildman–Crippen MR) is 86.0 cm³/mol. The highest BCUT2D eigenvalue weighted by Gasteiger charge is 2.14. The molecule has 0 fully saturated rings. The molecule has 21 heavy (non-hydrogen) atoms. The van der Waals surface area contributed by atoms with E-state index in [2.05, 4.69) is 15.5 Å². The molecule has 0 aliphatic rings. The zero-order valence-corrected chi connectivity index (χ0v) is 13.7. The maximum Gasteiger partial charge on any atom is 0.234 e. The molecule has 0 saturated heterocycles. The van der Waals surface area contributed by atoms with E-state index in [9.17, 15) is 4.79 Å². The number of nitrogens with zero attached hydrogens (tertiary/aromatic N) is 3. The van der Waals surface area contributed by atoms with Crippen LogP contribution in [-0.4, -0.2) is 26.4 Å². The van der Waals surface area contributed by atoms with E-state index < -0.39 is 0 Å². The Bertz CT molecular complexity index is 689. The van der Waals surface area contributed by atoms with Gasteiger partial charge in [0.2, 0.25) is 11.9 Å². The fraction of sp³-hybridized carbons (Fsp3) is 0.250. The summed E-state index contributed by atoms with van der Waals surface area (Å²) in [7, 11) is 1.73. The first-order valence-electron chi connectivity index (χ1n) is 5.92. The van der Waals surface area contributed by atoms with Gasteiger partial charge in [-0.3, -0.25) is 9.36 Å². The number of aryl methyl sites for hydroxylation is 1. The maximum atomic E-state index is 12.0. The van der Waals surface area contributed by atoms with Crippen molar-refractivity contribution in [3.8, 4) is 0 Å². The summed E-state index contributed by atoms with van der Waals surface area (Å²) in [5.41, 5.74) is 6.82. The van der Waals surface area contributed by atoms with Crippen molar-refractivity contribution in [3.05, 3.63) is 27.7 Å². The van der Waals surface area contributed by atoms with E-state index in [-0.39, 0.29) is 11.7 Å². The minimum Gasteiger partial charge on any atom is -0.368 e. The van der Waals surface area contributed by atoms with Gasteiger partial charge in [0, 0.05) is 7.05 Å². The number of nitrogen functional groups attached to an aromatic ring is 1. The molecular formula is C12H13Cl2N5OS. The van der Waals surface area contributed by atoms with Gasteiger partial charge in [0.15, 0.2) is 5.16 Å². The summed E-state index contributed by atoms with van der Waals surface area (Å²) in [6.07, 6.45) is 0. The number of thioether (sulfide) groups is 1. The Labute approximate surface area is 136 Å². The maximum absolute atomic E-state index is 12.0. The van der Waals surface area contributed by atoms with Gasteiger partial charge in [-0.05, 0) is 18.6 Å². The van der Waals surface area contributed by atoms with Gasteiger partial charge in [-0.15, -0.1) is 10.2 Å². The van der Waals surface area contributed by atoms with Crippen molar-refractivity contribution in [1.29, 1.82) is 0 Å². The molecule has 0 bridgehead atoms. The van der Waals surface area contributed by atoms with Gasteiger partial charge in [0.25, 0.3) is 0 Å². The lowest BCUT2D eigenvalue weighted by molar-refractivity contribution is -0.113. The summed E-state index contributed by atoms with van der Waals surface area (Å²) in [6, 6.07) is 3.48. The first-order valence-corrected chi connectivity index (χ1v) is 7.66. The second-order valence-electron chi connectivity index (χ2n) is 4.29. The van der Waals surface area contributed by atoms with Crippen LogP contribution >= 0.6 is 35.0 Å². The van der Waals surface area contributed by atoms with E-state index in [1.54, 1.807) is 23.7 Å². The third-order valence-corrected chi connectivity index (χ3v) is 4.57. The molecule has 0 atom stereocenters. The Morgan fingerprint density at radius 1 is 1.43 bits per heavy atom. The van der Waals surface area contributed by atoms with Crippen molar-refractivity contribution in [2.45, 2.75) is 12.1 Å². The molecule has 0 saturated carbocycles. The summed E-state index contributed by atoms with van der Waals surface area (Å²) in [6.45, 7) is 1.84. The van der Waals surface area contributed by atoms with Crippen molar-refractivity contribution < 1.29 is 4.79 Å². The van der Waals surface area contributed by atoms with E-state index in [4.69, 9.17) is 28.9 Å². The van der Waals surface area contributed by atoms with Gasteiger partial charge >= 0.3 is 0 Å². The van der Waals surface area contributed by atoms with Crippen molar-refractivity contribution >= 4 is 52.5 Å². The van der Waals surface area contributed by atoms with Crippen LogP contribution in [0.2, 0.25) is 10.0 Å². The lowest BCUT2D eigenvalue weighted by Crippen LogP contribution is -2.15. The van der Waals surface area contributed by atoms with Crippen LogP contribution in [0.4, 0.5) is 11.6 Å². The molecular weight excluding hydrogens is 333 g/mol. The average molecular weight is 346 g/mol. The van der Waals surface area contributed by atoms with Gasteiger partial charge in [0.05, 0.1) is 21.5 Å². The van der Waals surface area contributed by atoms with E-state index >= 15 is 0 Å². The monoisotopic (exact) mass is 345 g/mol. The van der Waals surface area contributed by atoms with Gasteiger partial charge in [-0.25, -0.2) is 0 Å². The number of hydrogen-bond acceptors (Lipinski definition) is 5. The molecule has 0 radical (unpaired) electrons. The van der Waals surface area contributed by atoms with Crippen molar-refractivity contribution in [3.63, 3.8) is 0 Å². The van der Waals surface area contributed by atoms with E-state index in [1.807, 2.05) is 6.92 Å². The predicted octanol–water partition coefficient (Wildman–Crippen LogP) is 2.74. The van der Waals surface area contributed by atoms with Crippen LogP contribution in [0.25, 0.3) is 0 Å². The number of aromatic nitrogens is 3. The van der Waals surface area contributed by atoms with Crippen LogP contribution in [0.5, 0.6) is 0 Å². The summed E-state index contributed by atoms with van der Waals surface area (Å²) < 4.78 is 1.60. The third kappa shape index (κ3) is 3.61. The lowest BCUT2D eigenvalue weighted by atomic mass is 10.2. The zero-order valence-electron chi connectivity index (χ0n) is 11.4. The number of carbonyl (C=O) groups excluding carboxylic acids is 1. The second kappa shape index (κ2) is 6.55. The number of nitrogens with two attached hydrogens (primary N) is 1. The highest BCUT2D eigenvalue weighted by Crippen LogP contribution is 2.33. The normalized spacial score (nSPS) is 10.7. The fourth-order valence-corrected chi connectivity index (χ4v) is 2.71. The second-order valence-corrected chi connectivity index (χ2v) is 6.02. The Morgan fingerprint density at radius 3 is 2.76 bits per heavy atom. The molecule has 1 aromatic carbocycles. The Balaban J connectivity index is 2.03. The van der Waals surface area contributed by atoms with E-state index in [1.165, 1.54) is 11.8 Å². The van der Waals surface area contributed by atoms with Gasteiger partial charge in [-0.2, -0.15) is 0 Å². The first kappa shape index (κ1) is 15.9. The van der Waals surface area contributed by atoms with Crippen molar-refractivity contribution in [2.24, 2.45) is 7.05 Å². The number of nitrogens with one attached hydrogen (secondary N) is 1. The number of hydrogen-bond donors (Lipinski definition) is 2. The molecule has 0 aliphatic heterocycles. The molecule has 112 valence electrons. The van der Waals surface area contributed by atoms with Gasteiger partial charge in [0.1, 0.15) is 0 Å². The molecule has 0 unspecified atom stereocenters. The molecule has 3 N–H and O–H groups in total. The molecule has 1 aromatic heterocycles. The average Bonchev–Trinajstić information content (AvgIpc) is 2.77. The van der Waals surface area contributed by atoms with Crippen LogP contribution in [0.3, 0.4) is 0 Å². The topological polar surface area (TPSA) is 85.8 Å². The van der Waals surface area contributed by atoms with Crippen molar-refractivity contribution in [2.75, 3.05) is 16.8 Å². The van der Waals surface area contributed by atoms with Crippen LogP contribution < -0.4 is 11.1 Å². The molecule has 9 heteroatoms. The molecule has 0 aliphatic carbocycles. The molecule has 1 heterocycles. The highest BCUT2D eigenvalue weighted by atomic mass is 35.5. The number of halogens is 2. The Kier molecular flexibility index (Phi) is 4.97. The van der Waals surface area contributed by atoms with Crippen LogP contribution in [0, 0.1) is 6.92 Å². The van der Waals surface area contributed by atoms with Crippen molar-refractivity contribution in [1.82, 2.24) is 14.8 Å². The largest absolute Gasteiger partial charge is 0.368 e. The van der Waals surface area contributed by atoms with E-state index in [0.29, 0.717) is 26.8 Å². The SMILES string of the molecule is Cc1ccc(Cl)c(NC(=O)CSc2nnc(N)n2C)c1Cl. The summed E-state index contributed by atoms with van der Waals surface area (Å²) in [5, 5.41) is 11.7. The lowest BCUT2D eigenvalue weighted by Gasteiger charge is -2.10. The summed E-state index contributed by atoms with van der Waals surface area (Å²) in [4.78, 5) is 12.0. The minimum atomic E-state index is -0.240. The molecule has 2 aromatic rings. The number of rotatable bonds is 4. The minimum absolute atomic E-state index is 0.145. The Morgan fingerprint density at radius 2 is 2.14 bits per heavy atom. The Hall–Kier alpha value is -1.44. The highest BCUT2D eigenvalue weighted by molar-refractivity contribution is 7.99. The van der Waals surface area contributed by atoms with Crippen LogP contribution in [0.15, 0.2) is 17.3 Å². The molecule has 6 nitrogen and oxygen atoms in total. The third-order valence-electron chi connectivity index (χ3n) is 2.75.